The van der Waals surface area contributed by atoms with Crippen molar-refractivity contribution in [2.24, 2.45) is 5.73 Å². The Hall–Kier alpha value is -4.07. The van der Waals surface area contributed by atoms with Crippen LogP contribution < -0.4 is 16.3 Å². The Bertz CT molecular complexity index is 1260. The highest BCUT2D eigenvalue weighted by atomic mass is 19.4. The molecule has 0 bridgehead atoms. The zero-order valence-electron chi connectivity index (χ0n) is 19.2. The van der Waals surface area contributed by atoms with Crippen molar-refractivity contribution >= 4 is 11.8 Å². The molecule has 9 nitrogen and oxygen atoms in total. The van der Waals surface area contributed by atoms with E-state index < -0.39 is 23.9 Å². The van der Waals surface area contributed by atoms with Crippen LogP contribution in [0.5, 0.6) is 0 Å². The fourth-order valence-electron chi connectivity index (χ4n) is 2.84. The molecular weight excluding hydrogens is 491 g/mol. The summed E-state index contributed by atoms with van der Waals surface area (Å²) in [6.07, 6.45) is -3.83. The van der Waals surface area contributed by atoms with Crippen LogP contribution in [0.1, 0.15) is 5.56 Å². The lowest BCUT2D eigenvalue weighted by Gasteiger charge is -2.11. The van der Waals surface area contributed by atoms with Crippen LogP contribution >= 0.6 is 0 Å². The van der Waals surface area contributed by atoms with E-state index in [0.29, 0.717) is 0 Å². The number of alkyl halides is 3. The van der Waals surface area contributed by atoms with Crippen LogP contribution in [0.4, 0.5) is 27.8 Å². The minimum atomic E-state index is -5.08. The van der Waals surface area contributed by atoms with E-state index in [-0.39, 0.29) is 25.2 Å². The van der Waals surface area contributed by atoms with Gasteiger partial charge < -0.3 is 15.7 Å². The van der Waals surface area contributed by atoms with Crippen molar-refractivity contribution in [3.05, 3.63) is 76.6 Å². The lowest BCUT2D eigenvalue weighted by Crippen LogP contribution is -2.27. The largest absolute Gasteiger partial charge is 0.490 e. The predicted molar refractivity (Wildman–Crippen MR) is 122 cm³/mol. The molecule has 0 aliphatic rings. The van der Waals surface area contributed by atoms with Crippen molar-refractivity contribution in [1.29, 1.82) is 0 Å². The molecule has 0 saturated heterocycles. The molecule has 0 unspecified atom stereocenters. The summed E-state index contributed by atoms with van der Waals surface area (Å²) in [7, 11) is 3.85. The van der Waals surface area contributed by atoms with Gasteiger partial charge in [-0.1, -0.05) is 18.2 Å². The maximum atomic E-state index is 12.8. The third kappa shape index (κ3) is 7.73. The Kier molecular flexibility index (Phi) is 9.44. The highest BCUT2D eigenvalue weighted by molar-refractivity contribution is 5.73. The van der Waals surface area contributed by atoms with Crippen LogP contribution in [0.3, 0.4) is 0 Å². The zero-order valence-corrected chi connectivity index (χ0v) is 19.2. The van der Waals surface area contributed by atoms with Crippen molar-refractivity contribution in [3.8, 4) is 11.1 Å². The van der Waals surface area contributed by atoms with Gasteiger partial charge in [-0.05, 0) is 29.3 Å². The first-order valence-electron chi connectivity index (χ1n) is 10.2. The number of nitrogens with two attached hydrogens (primary N) is 1. The standard InChI is InChI=1S/C20H22F2N6O.C2HF3O2/c1-26(2)18-7-6-16(10-24-18)15-5-3-4-14(8-15)11-27-13-25-28(20(27)29)12-17(9-23)19(21)22;3-2(4,5)1(6)7/h3-8,10,13H,9,11-12,23H2,1-2H3;(H,6,7). The molecule has 0 aliphatic heterocycles. The summed E-state index contributed by atoms with van der Waals surface area (Å²) in [5.74, 6) is -1.90. The van der Waals surface area contributed by atoms with Gasteiger partial charge in [0.05, 0.1) is 13.1 Å². The first kappa shape index (κ1) is 28.2. The Labute approximate surface area is 201 Å². The number of aromatic nitrogens is 4. The average molecular weight is 514 g/mol. The molecule has 2 heterocycles. The molecular formula is C22H23F5N6O3. The van der Waals surface area contributed by atoms with Gasteiger partial charge in [-0.25, -0.2) is 19.3 Å². The minimum absolute atomic E-state index is 0.273. The summed E-state index contributed by atoms with van der Waals surface area (Å²) in [6.45, 7) is -0.380. The Morgan fingerprint density at radius 1 is 1.14 bits per heavy atom. The fraction of sp³-hybridized carbons (Fsp3) is 0.273. The van der Waals surface area contributed by atoms with E-state index in [4.69, 9.17) is 15.6 Å². The molecule has 3 aromatic rings. The topological polar surface area (TPSA) is 119 Å². The molecule has 194 valence electrons. The summed E-state index contributed by atoms with van der Waals surface area (Å²) in [5, 5.41) is 11.0. The number of benzene rings is 1. The first-order valence-corrected chi connectivity index (χ1v) is 10.2. The monoisotopic (exact) mass is 514 g/mol. The van der Waals surface area contributed by atoms with Crippen molar-refractivity contribution < 1.29 is 31.9 Å². The molecule has 0 aliphatic carbocycles. The third-order valence-corrected chi connectivity index (χ3v) is 4.71. The second kappa shape index (κ2) is 12.1. The number of hydrogen-bond acceptors (Lipinski definition) is 6. The summed E-state index contributed by atoms with van der Waals surface area (Å²) in [5.41, 5.74) is 7.32. The van der Waals surface area contributed by atoms with Crippen molar-refractivity contribution in [3.63, 3.8) is 0 Å². The Morgan fingerprint density at radius 3 is 2.31 bits per heavy atom. The molecule has 3 rings (SSSR count). The minimum Gasteiger partial charge on any atom is -0.475 e. The first-order chi connectivity index (χ1) is 16.8. The van der Waals surface area contributed by atoms with Crippen molar-refractivity contribution in [2.75, 3.05) is 25.5 Å². The number of halogens is 5. The molecule has 2 aromatic heterocycles. The number of carboxylic acids is 1. The van der Waals surface area contributed by atoms with E-state index in [9.17, 15) is 26.7 Å². The molecule has 0 radical (unpaired) electrons. The van der Waals surface area contributed by atoms with Crippen LogP contribution in [0.25, 0.3) is 11.1 Å². The number of carbonyl (C=O) groups is 1. The maximum absolute atomic E-state index is 12.8. The van der Waals surface area contributed by atoms with Gasteiger partial charge in [-0.3, -0.25) is 4.57 Å². The molecule has 0 amide bonds. The number of pyridine rings is 1. The van der Waals surface area contributed by atoms with Crippen LogP contribution in [0.2, 0.25) is 0 Å². The van der Waals surface area contributed by atoms with E-state index in [2.05, 4.69) is 10.1 Å². The van der Waals surface area contributed by atoms with E-state index >= 15 is 0 Å². The SMILES string of the molecule is CN(C)c1ccc(-c2cccc(Cn3cnn(CC(CN)=C(F)F)c3=O)c2)cn1.O=C(O)C(F)(F)F. The molecule has 0 spiro atoms. The van der Waals surface area contributed by atoms with Crippen LogP contribution in [0.15, 0.2) is 65.4 Å². The van der Waals surface area contributed by atoms with E-state index in [1.165, 1.54) is 10.9 Å². The van der Waals surface area contributed by atoms with Gasteiger partial charge in [0, 0.05) is 38.0 Å². The van der Waals surface area contributed by atoms with Gasteiger partial charge >= 0.3 is 17.8 Å². The van der Waals surface area contributed by atoms with Gasteiger partial charge in [-0.15, -0.1) is 0 Å². The summed E-state index contributed by atoms with van der Waals surface area (Å²) in [6, 6.07) is 11.6. The van der Waals surface area contributed by atoms with E-state index in [1.54, 1.807) is 6.20 Å². The van der Waals surface area contributed by atoms with Crippen molar-refractivity contribution in [1.82, 2.24) is 19.3 Å². The summed E-state index contributed by atoms with van der Waals surface area (Å²) >= 11 is 0. The van der Waals surface area contributed by atoms with Gasteiger partial charge in [0.15, 0.2) is 0 Å². The molecule has 0 saturated carbocycles. The molecule has 0 atom stereocenters. The highest BCUT2D eigenvalue weighted by Gasteiger charge is 2.38. The highest BCUT2D eigenvalue weighted by Crippen LogP contribution is 2.22. The predicted octanol–water partition coefficient (Wildman–Crippen LogP) is 2.96. The van der Waals surface area contributed by atoms with Crippen molar-refractivity contribution in [2.45, 2.75) is 19.3 Å². The van der Waals surface area contributed by atoms with Gasteiger partial charge in [0.25, 0.3) is 6.08 Å². The molecule has 3 N–H and O–H groups in total. The number of rotatable bonds is 7. The lowest BCUT2D eigenvalue weighted by atomic mass is 10.0. The number of aliphatic carboxylic acids is 1. The molecule has 14 heteroatoms. The zero-order chi connectivity index (χ0) is 27.0. The number of nitrogens with zero attached hydrogens (tertiary/aromatic N) is 5. The third-order valence-electron chi connectivity index (χ3n) is 4.71. The average Bonchev–Trinajstić information content (AvgIpc) is 3.16. The van der Waals surface area contributed by atoms with Gasteiger partial charge in [-0.2, -0.15) is 27.1 Å². The second-order valence-corrected chi connectivity index (χ2v) is 7.57. The number of hydrogen-bond donors (Lipinski definition) is 2. The molecule has 0 fully saturated rings. The number of carboxylic acid groups (broad SMARTS) is 1. The normalized spacial score (nSPS) is 10.9. The van der Waals surface area contributed by atoms with Gasteiger partial charge in [0.1, 0.15) is 12.1 Å². The maximum Gasteiger partial charge on any atom is 0.490 e. The fourth-order valence-corrected chi connectivity index (χ4v) is 2.84. The second-order valence-electron chi connectivity index (χ2n) is 7.57. The summed E-state index contributed by atoms with van der Waals surface area (Å²) < 4.78 is 59.7. The lowest BCUT2D eigenvalue weighted by molar-refractivity contribution is -0.192. The van der Waals surface area contributed by atoms with Crippen LogP contribution in [-0.2, 0) is 17.9 Å². The van der Waals surface area contributed by atoms with Crippen LogP contribution in [0, 0.1) is 0 Å². The van der Waals surface area contributed by atoms with Gasteiger partial charge in [0.2, 0.25) is 0 Å². The quantitative estimate of drug-likeness (QED) is 0.466. The smallest absolute Gasteiger partial charge is 0.475 e. The number of anilines is 1. The van der Waals surface area contributed by atoms with E-state index in [0.717, 1.165) is 27.2 Å². The Balaban J connectivity index is 0.000000572. The summed E-state index contributed by atoms with van der Waals surface area (Å²) in [4.78, 5) is 27.7. The van der Waals surface area contributed by atoms with E-state index in [1.807, 2.05) is 55.4 Å². The van der Waals surface area contributed by atoms with Crippen LogP contribution in [-0.4, -0.2) is 57.2 Å². The molecule has 36 heavy (non-hydrogen) atoms. The molecule has 1 aromatic carbocycles. The Morgan fingerprint density at radius 2 is 1.81 bits per heavy atom.